The van der Waals surface area contributed by atoms with Crippen LogP contribution < -0.4 is 22.5 Å². The van der Waals surface area contributed by atoms with Crippen LogP contribution in [0.15, 0.2) is 57.9 Å². The lowest BCUT2D eigenvalue weighted by Gasteiger charge is -2.11. The van der Waals surface area contributed by atoms with Crippen LogP contribution in [-0.2, 0) is 26.2 Å². The molecule has 0 saturated heterocycles. The number of thioether (sulfide) groups is 4. The van der Waals surface area contributed by atoms with Crippen molar-refractivity contribution in [3.63, 3.8) is 0 Å². The van der Waals surface area contributed by atoms with Gasteiger partial charge in [0, 0.05) is 61.6 Å². The highest BCUT2D eigenvalue weighted by atomic mass is 79.9. The SMILES string of the molecule is O=c1c(Br)cn2c(=O)n1CCCCCSc1nnc(s1)SCCCCCn1cc(Br)c(=O)n(c1=O)CCCCCSc1nnc(s1)SCCCCC2. The van der Waals surface area contributed by atoms with Crippen molar-refractivity contribution in [1.29, 1.82) is 0 Å². The summed E-state index contributed by atoms with van der Waals surface area (Å²) < 4.78 is 10.7. The van der Waals surface area contributed by atoms with Crippen LogP contribution in [0.2, 0.25) is 0 Å². The number of nitrogens with zero attached hydrogens (tertiary/aromatic N) is 8. The molecule has 1 aliphatic heterocycles. The zero-order valence-electron chi connectivity index (χ0n) is 28.7. The quantitative estimate of drug-likeness (QED) is 0.171. The Morgan fingerprint density at radius 1 is 0.442 bits per heavy atom. The molecule has 1 aliphatic rings. The van der Waals surface area contributed by atoms with Gasteiger partial charge in [0.25, 0.3) is 11.1 Å². The molecule has 4 aromatic rings. The maximum absolute atomic E-state index is 13.1. The van der Waals surface area contributed by atoms with Crippen molar-refractivity contribution < 1.29 is 0 Å². The molecule has 8 bridgehead atoms. The zero-order chi connectivity index (χ0) is 36.7. The fourth-order valence-corrected chi connectivity index (χ4v) is 12.7. The van der Waals surface area contributed by atoms with Gasteiger partial charge in [0.2, 0.25) is 0 Å². The molecule has 0 aromatic carbocycles. The molecule has 0 aliphatic carbocycles. The van der Waals surface area contributed by atoms with E-state index in [2.05, 4.69) is 52.3 Å². The highest BCUT2D eigenvalue weighted by Gasteiger charge is 2.13. The topological polar surface area (TPSA) is 140 Å². The van der Waals surface area contributed by atoms with Crippen molar-refractivity contribution in [2.75, 3.05) is 23.0 Å². The van der Waals surface area contributed by atoms with E-state index < -0.39 is 0 Å². The van der Waals surface area contributed by atoms with E-state index in [0.717, 1.165) is 117 Å². The second-order valence-electron chi connectivity index (χ2n) is 12.1. The Morgan fingerprint density at radius 2 is 0.750 bits per heavy atom. The average molecular weight is 955 g/mol. The monoisotopic (exact) mass is 952 g/mol. The van der Waals surface area contributed by atoms with Crippen LogP contribution in [0.5, 0.6) is 0 Å². The van der Waals surface area contributed by atoms with Crippen molar-refractivity contribution in [3.8, 4) is 0 Å². The van der Waals surface area contributed by atoms with Gasteiger partial charge in [-0.1, -0.05) is 95.4 Å². The first kappa shape index (κ1) is 42.0. The fourth-order valence-electron chi connectivity index (χ4n) is 5.44. The van der Waals surface area contributed by atoms with Gasteiger partial charge in [-0.2, -0.15) is 0 Å². The molecule has 0 radical (unpaired) electrons. The summed E-state index contributed by atoms with van der Waals surface area (Å²) in [5, 5.41) is 17.4. The first-order chi connectivity index (χ1) is 25.3. The largest absolute Gasteiger partial charge is 0.331 e. The summed E-state index contributed by atoms with van der Waals surface area (Å²) in [6, 6.07) is 0. The summed E-state index contributed by atoms with van der Waals surface area (Å²) in [6.07, 6.45) is 14.1. The van der Waals surface area contributed by atoms with Crippen LogP contribution in [0.25, 0.3) is 0 Å². The van der Waals surface area contributed by atoms with Crippen molar-refractivity contribution in [2.24, 2.45) is 0 Å². The number of rotatable bonds is 0. The first-order valence-corrected chi connectivity index (χ1v) is 24.6. The van der Waals surface area contributed by atoms with Gasteiger partial charge >= 0.3 is 11.4 Å². The third-order valence-electron chi connectivity index (χ3n) is 8.21. The van der Waals surface area contributed by atoms with E-state index in [1.807, 2.05) is 0 Å². The van der Waals surface area contributed by atoms with Crippen LogP contribution in [0.1, 0.15) is 77.0 Å². The lowest BCUT2D eigenvalue weighted by Crippen LogP contribution is -2.40. The van der Waals surface area contributed by atoms with Crippen LogP contribution in [0, 0.1) is 0 Å². The minimum atomic E-state index is -0.272. The van der Waals surface area contributed by atoms with E-state index >= 15 is 0 Å². The predicted molar refractivity (Wildman–Crippen MR) is 223 cm³/mol. The Hall–Kier alpha value is -1.16. The standard InChI is InChI=1S/C32H42Br2N8O4S6/c33-23-21-39-13-5-1-9-17-47-27-35-37-29(51-27)49-19-12-4-8-16-42-26(44)24(34)22-40(32(42)46)14-6-2-10-18-48-28-36-38-30(52-28)50-20-11-3-7-15-41(25(23)43)31(39)45/h21-22H,1-20H2. The first-order valence-electron chi connectivity index (χ1n) is 17.5. The van der Waals surface area contributed by atoms with E-state index in [-0.39, 0.29) is 22.5 Å². The van der Waals surface area contributed by atoms with Gasteiger partial charge < -0.3 is 0 Å². The Balaban J connectivity index is 1.15. The van der Waals surface area contributed by atoms with E-state index in [1.165, 1.54) is 9.13 Å². The Morgan fingerprint density at radius 3 is 1.08 bits per heavy atom. The molecule has 0 fully saturated rings. The van der Waals surface area contributed by atoms with E-state index in [9.17, 15) is 19.2 Å². The molecule has 0 atom stereocenters. The lowest BCUT2D eigenvalue weighted by atomic mass is 10.2. The molecular formula is C32H42Br2N8O4S6. The smallest absolute Gasteiger partial charge is 0.299 e. The van der Waals surface area contributed by atoms with Gasteiger partial charge in [0.1, 0.15) is 0 Å². The van der Waals surface area contributed by atoms with Crippen molar-refractivity contribution in [3.05, 3.63) is 63.0 Å². The number of aromatic nitrogens is 8. The highest BCUT2D eigenvalue weighted by molar-refractivity contribution is 9.10. The van der Waals surface area contributed by atoms with Gasteiger partial charge in [-0.3, -0.25) is 27.9 Å². The second kappa shape index (κ2) is 22.4. The summed E-state index contributed by atoms with van der Waals surface area (Å²) in [5.74, 6) is 3.64. The van der Waals surface area contributed by atoms with Crippen LogP contribution in [0.3, 0.4) is 0 Å². The number of halogens is 2. The van der Waals surface area contributed by atoms with Crippen molar-refractivity contribution >= 4 is 102 Å². The summed E-state index contributed by atoms with van der Waals surface area (Å²) in [5.41, 5.74) is -1.03. The zero-order valence-corrected chi connectivity index (χ0v) is 36.8. The van der Waals surface area contributed by atoms with Gasteiger partial charge in [-0.05, 0) is 83.2 Å². The average Bonchev–Trinajstić information content (AvgIpc) is 3.79. The molecule has 0 amide bonds. The molecule has 4 aromatic heterocycles. The molecule has 5 heterocycles. The third-order valence-corrected chi connectivity index (χ3v) is 16.0. The summed E-state index contributed by atoms with van der Waals surface area (Å²) in [6.45, 7) is 1.94. The fraction of sp³-hybridized carbons (Fsp3) is 0.625. The molecular weight excluding hydrogens is 913 g/mol. The molecule has 0 N–H and O–H groups in total. The Kier molecular flexibility index (Phi) is 18.1. The minimum Gasteiger partial charge on any atom is -0.299 e. The van der Waals surface area contributed by atoms with Crippen LogP contribution in [0.4, 0.5) is 0 Å². The number of hydrogen-bond donors (Lipinski definition) is 0. The van der Waals surface area contributed by atoms with Crippen molar-refractivity contribution in [2.45, 2.75) is 121 Å². The molecule has 52 heavy (non-hydrogen) atoms. The molecule has 12 nitrogen and oxygen atoms in total. The van der Waals surface area contributed by atoms with Crippen molar-refractivity contribution in [1.82, 2.24) is 38.7 Å². The molecule has 5 rings (SSSR count). The van der Waals surface area contributed by atoms with Gasteiger partial charge in [-0.15, -0.1) is 20.4 Å². The van der Waals surface area contributed by atoms with Crippen LogP contribution in [-0.4, -0.2) is 61.7 Å². The summed E-state index contributed by atoms with van der Waals surface area (Å²) in [4.78, 5) is 51.8. The summed E-state index contributed by atoms with van der Waals surface area (Å²) >= 11 is 16.8. The molecule has 0 spiro atoms. The third kappa shape index (κ3) is 13.0. The van der Waals surface area contributed by atoms with Gasteiger partial charge in [0.05, 0.1) is 8.95 Å². The maximum atomic E-state index is 13.1. The summed E-state index contributed by atoms with van der Waals surface area (Å²) in [7, 11) is 0. The van der Waals surface area contributed by atoms with E-state index in [1.54, 1.807) is 91.2 Å². The number of aryl methyl sites for hydroxylation is 2. The number of hydrogen-bond acceptors (Lipinski definition) is 14. The second-order valence-corrected chi connectivity index (χ2v) is 21.2. The Bertz CT molecular complexity index is 1840. The molecule has 0 saturated carbocycles. The lowest BCUT2D eigenvalue weighted by molar-refractivity contribution is 0.502. The minimum absolute atomic E-state index is 0.244. The number of fused-ring (bicyclic) bond motifs is 8. The molecule has 20 heteroatoms. The van der Waals surface area contributed by atoms with Gasteiger partial charge in [-0.25, -0.2) is 9.59 Å². The Labute approximate surface area is 344 Å². The van der Waals surface area contributed by atoms with E-state index in [4.69, 9.17) is 0 Å². The normalized spacial score (nSPS) is 17.4. The van der Waals surface area contributed by atoms with Crippen LogP contribution >= 0.6 is 102 Å². The van der Waals surface area contributed by atoms with Gasteiger partial charge in [0.15, 0.2) is 17.4 Å². The molecule has 0 unspecified atom stereocenters. The molecule has 284 valence electrons. The predicted octanol–water partition coefficient (Wildman–Crippen LogP) is 7.73. The van der Waals surface area contributed by atoms with E-state index in [0.29, 0.717) is 35.1 Å². The highest BCUT2D eigenvalue weighted by Crippen LogP contribution is 2.31. The maximum Gasteiger partial charge on any atom is 0.331 e.